The molecule has 0 fully saturated rings. The zero-order valence-electron chi connectivity index (χ0n) is 17.4. The molecule has 9 nitrogen and oxygen atoms in total. The van der Waals surface area contributed by atoms with Crippen LogP contribution >= 0.6 is 11.8 Å². The van der Waals surface area contributed by atoms with Crippen molar-refractivity contribution in [3.63, 3.8) is 0 Å². The molecule has 0 saturated carbocycles. The number of non-ortho nitro benzene ring substituents is 1. The molecule has 0 unspecified atom stereocenters. The maximum atomic E-state index is 12.7. The first-order valence-corrected chi connectivity index (χ1v) is 10.8. The molecular formula is C22H20N4O5S. The van der Waals surface area contributed by atoms with Gasteiger partial charge < -0.3 is 14.8 Å². The Labute approximate surface area is 188 Å². The largest absolute Gasteiger partial charge is 0.493 e. The van der Waals surface area contributed by atoms with E-state index in [9.17, 15) is 14.9 Å². The fraction of sp³-hybridized carbons (Fsp3) is 0.182. The molecule has 164 valence electrons. The van der Waals surface area contributed by atoms with Gasteiger partial charge in [-0.15, -0.1) is 0 Å². The lowest BCUT2D eigenvalue weighted by molar-refractivity contribution is -0.384. The summed E-state index contributed by atoms with van der Waals surface area (Å²) in [5, 5.41) is 18.5. The van der Waals surface area contributed by atoms with E-state index >= 15 is 0 Å². The third-order valence-corrected chi connectivity index (χ3v) is 5.90. The third-order valence-electron chi connectivity index (χ3n) is 4.93. The Kier molecular flexibility index (Phi) is 6.13. The van der Waals surface area contributed by atoms with Crippen molar-refractivity contribution in [1.82, 2.24) is 9.78 Å². The van der Waals surface area contributed by atoms with E-state index in [1.54, 1.807) is 61.0 Å². The number of methoxy groups -OCH3 is 2. The van der Waals surface area contributed by atoms with Gasteiger partial charge in [0.25, 0.3) is 5.69 Å². The summed E-state index contributed by atoms with van der Waals surface area (Å²) < 4.78 is 12.1. The van der Waals surface area contributed by atoms with Crippen LogP contribution in [0.4, 0.5) is 11.5 Å². The second kappa shape index (κ2) is 9.15. The van der Waals surface area contributed by atoms with Crippen LogP contribution in [-0.2, 0) is 16.3 Å². The normalized spacial score (nSPS) is 12.6. The van der Waals surface area contributed by atoms with Crippen molar-refractivity contribution >= 4 is 35.3 Å². The minimum atomic E-state index is -0.453. The van der Waals surface area contributed by atoms with E-state index in [1.807, 2.05) is 6.07 Å². The van der Waals surface area contributed by atoms with Crippen LogP contribution in [0, 0.1) is 10.1 Å². The molecule has 10 heteroatoms. The van der Waals surface area contributed by atoms with Crippen LogP contribution < -0.4 is 14.8 Å². The van der Waals surface area contributed by atoms with Crippen LogP contribution in [0.15, 0.2) is 48.5 Å². The number of hydrogen-bond donors (Lipinski definition) is 1. The van der Waals surface area contributed by atoms with E-state index in [1.165, 1.54) is 18.2 Å². The van der Waals surface area contributed by atoms with Crippen molar-refractivity contribution < 1.29 is 19.2 Å². The Morgan fingerprint density at radius 2 is 1.91 bits per heavy atom. The van der Waals surface area contributed by atoms with Gasteiger partial charge in [-0.25, -0.2) is 4.68 Å². The molecule has 1 aromatic heterocycles. The number of nitro benzene ring substituents is 1. The highest BCUT2D eigenvalue weighted by Gasteiger charge is 2.24. The summed E-state index contributed by atoms with van der Waals surface area (Å²) in [7, 11) is 3.11. The van der Waals surface area contributed by atoms with E-state index in [4.69, 9.17) is 9.47 Å². The average molecular weight is 452 g/mol. The van der Waals surface area contributed by atoms with E-state index in [-0.39, 0.29) is 11.6 Å². The van der Waals surface area contributed by atoms with Gasteiger partial charge in [0.15, 0.2) is 11.5 Å². The number of nitrogens with one attached hydrogen (secondary N) is 1. The van der Waals surface area contributed by atoms with Crippen molar-refractivity contribution in [3.8, 4) is 17.2 Å². The molecule has 0 atom stereocenters. The monoisotopic (exact) mass is 452 g/mol. The standard InChI is InChI=1S/C22H20N4O5S/c1-30-19-9-3-14(11-20(19)31-2)4-10-21(27)23-22-17-12-32-13-18(17)24-25(22)15-5-7-16(8-6-15)26(28)29/h3-11H,12-13H2,1-2H3,(H,23,27)/b10-4-. The Morgan fingerprint density at radius 3 is 2.59 bits per heavy atom. The lowest BCUT2D eigenvalue weighted by Gasteiger charge is -2.10. The number of thioether (sulfide) groups is 1. The Hall–Kier alpha value is -3.79. The van der Waals surface area contributed by atoms with Crippen molar-refractivity contribution in [3.05, 3.63) is 75.5 Å². The summed E-state index contributed by atoms with van der Waals surface area (Å²) in [5.74, 6) is 2.91. The summed E-state index contributed by atoms with van der Waals surface area (Å²) in [5.41, 5.74) is 3.26. The number of benzene rings is 2. The van der Waals surface area contributed by atoms with Gasteiger partial charge in [0.1, 0.15) is 5.82 Å². The number of nitro groups is 1. The van der Waals surface area contributed by atoms with Gasteiger partial charge in [-0.2, -0.15) is 16.9 Å². The molecule has 1 amide bonds. The summed E-state index contributed by atoms with van der Waals surface area (Å²) in [4.78, 5) is 23.2. The summed E-state index contributed by atoms with van der Waals surface area (Å²) in [6.45, 7) is 0. The van der Waals surface area contributed by atoms with E-state index in [2.05, 4.69) is 10.4 Å². The van der Waals surface area contributed by atoms with Crippen molar-refractivity contribution in [2.75, 3.05) is 19.5 Å². The number of hydrogen-bond acceptors (Lipinski definition) is 7. The number of aromatic nitrogens is 2. The van der Waals surface area contributed by atoms with Gasteiger partial charge in [0.05, 0.1) is 30.5 Å². The molecule has 0 bridgehead atoms. The number of nitrogens with zero attached hydrogens (tertiary/aromatic N) is 3. The molecule has 2 heterocycles. The molecule has 2 aromatic carbocycles. The third kappa shape index (κ3) is 4.30. The van der Waals surface area contributed by atoms with Crippen LogP contribution in [0.25, 0.3) is 11.8 Å². The molecule has 32 heavy (non-hydrogen) atoms. The van der Waals surface area contributed by atoms with Crippen molar-refractivity contribution in [2.45, 2.75) is 11.5 Å². The molecule has 1 N–H and O–H groups in total. The lowest BCUT2D eigenvalue weighted by atomic mass is 10.2. The highest BCUT2D eigenvalue weighted by atomic mass is 32.2. The summed E-state index contributed by atoms with van der Waals surface area (Å²) in [6, 6.07) is 11.4. The molecule has 1 aliphatic heterocycles. The number of carbonyl (C=O) groups is 1. The minimum absolute atomic E-state index is 0.00700. The first-order valence-electron chi connectivity index (χ1n) is 9.64. The molecule has 0 radical (unpaired) electrons. The summed E-state index contributed by atoms with van der Waals surface area (Å²) in [6.07, 6.45) is 3.11. The van der Waals surface area contributed by atoms with Crippen LogP contribution in [-0.4, -0.2) is 34.8 Å². The maximum absolute atomic E-state index is 12.7. The topological polar surface area (TPSA) is 109 Å². The van der Waals surface area contributed by atoms with Crippen LogP contribution in [0.2, 0.25) is 0 Å². The smallest absolute Gasteiger partial charge is 0.269 e. The second-order valence-corrected chi connectivity index (χ2v) is 7.87. The Bertz CT molecular complexity index is 1200. The Balaban J connectivity index is 1.58. The molecule has 0 spiro atoms. The van der Waals surface area contributed by atoms with Crippen LogP contribution in [0.1, 0.15) is 16.8 Å². The van der Waals surface area contributed by atoms with Crippen molar-refractivity contribution in [2.24, 2.45) is 0 Å². The van der Waals surface area contributed by atoms with E-state index < -0.39 is 4.92 Å². The highest BCUT2D eigenvalue weighted by molar-refractivity contribution is 7.98. The summed E-state index contributed by atoms with van der Waals surface area (Å²) >= 11 is 1.72. The molecule has 0 saturated heterocycles. The van der Waals surface area contributed by atoms with Crippen LogP contribution in [0.5, 0.6) is 11.5 Å². The van der Waals surface area contributed by atoms with Gasteiger partial charge in [0.2, 0.25) is 5.91 Å². The average Bonchev–Trinajstić information content (AvgIpc) is 3.40. The molecule has 4 rings (SSSR count). The first kappa shape index (κ1) is 21.4. The maximum Gasteiger partial charge on any atom is 0.269 e. The highest BCUT2D eigenvalue weighted by Crippen LogP contribution is 2.36. The fourth-order valence-corrected chi connectivity index (χ4v) is 4.37. The number of carbonyl (C=O) groups excluding carboxylic acids is 1. The SMILES string of the molecule is COc1ccc(/C=C\C(=O)Nc2c3c(nn2-c2ccc([N+](=O)[O-])cc2)CSC3)cc1OC. The zero-order chi connectivity index (χ0) is 22.7. The number of amides is 1. The molecule has 1 aliphatic rings. The lowest BCUT2D eigenvalue weighted by Crippen LogP contribution is -2.13. The first-order chi connectivity index (χ1) is 15.5. The van der Waals surface area contributed by atoms with E-state index in [0.29, 0.717) is 23.0 Å². The number of rotatable bonds is 7. The van der Waals surface area contributed by atoms with Gasteiger partial charge in [-0.1, -0.05) is 6.07 Å². The molecular weight excluding hydrogens is 432 g/mol. The predicted octanol–water partition coefficient (Wildman–Crippen LogP) is 4.20. The second-order valence-electron chi connectivity index (χ2n) is 6.89. The van der Waals surface area contributed by atoms with Gasteiger partial charge >= 0.3 is 0 Å². The molecule has 0 aliphatic carbocycles. The van der Waals surface area contributed by atoms with Gasteiger partial charge in [-0.3, -0.25) is 14.9 Å². The van der Waals surface area contributed by atoms with Gasteiger partial charge in [-0.05, 0) is 35.9 Å². The molecule has 3 aromatic rings. The Morgan fingerprint density at radius 1 is 1.16 bits per heavy atom. The quantitative estimate of drug-likeness (QED) is 0.325. The van der Waals surface area contributed by atoms with Crippen molar-refractivity contribution in [1.29, 1.82) is 0 Å². The zero-order valence-corrected chi connectivity index (χ0v) is 18.2. The van der Waals surface area contributed by atoms with E-state index in [0.717, 1.165) is 28.3 Å². The number of anilines is 1. The predicted molar refractivity (Wildman–Crippen MR) is 122 cm³/mol. The number of ether oxygens (including phenoxy) is 2. The number of fused-ring (bicyclic) bond motifs is 1. The fourth-order valence-electron chi connectivity index (χ4n) is 3.33. The minimum Gasteiger partial charge on any atom is -0.493 e. The van der Waals surface area contributed by atoms with Gasteiger partial charge in [0, 0.05) is 35.3 Å². The van der Waals surface area contributed by atoms with Crippen LogP contribution in [0.3, 0.4) is 0 Å².